The molecule has 0 amide bonds. The van der Waals surface area contributed by atoms with Gasteiger partial charge in [-0.3, -0.25) is 9.10 Å². The van der Waals surface area contributed by atoms with Crippen LogP contribution in [0.5, 0.6) is 0 Å². The van der Waals surface area contributed by atoms with Gasteiger partial charge in [-0.2, -0.15) is 0 Å². The average molecular weight is 386 g/mol. The standard InChI is InChI=1S/C16H16ClNO4S2/c1-11-3-4-12(17)9-15(11)18(10-16(19)20)24(21,22)14-7-5-13(23-2)6-8-14/h3-9H,10H2,1-2H3,(H,19,20). The summed E-state index contributed by atoms with van der Waals surface area (Å²) in [6, 6.07) is 11.0. The Labute approximate surface area is 150 Å². The van der Waals surface area contributed by atoms with Gasteiger partial charge in [-0.1, -0.05) is 17.7 Å². The van der Waals surface area contributed by atoms with Crippen LogP contribution in [-0.4, -0.2) is 32.3 Å². The van der Waals surface area contributed by atoms with Crippen molar-refractivity contribution in [2.24, 2.45) is 0 Å². The first-order valence-corrected chi connectivity index (χ1v) is 9.94. The number of hydrogen-bond donors (Lipinski definition) is 1. The van der Waals surface area contributed by atoms with Gasteiger partial charge < -0.3 is 5.11 Å². The van der Waals surface area contributed by atoms with Crippen molar-refractivity contribution in [1.29, 1.82) is 0 Å². The van der Waals surface area contributed by atoms with E-state index < -0.39 is 22.5 Å². The van der Waals surface area contributed by atoms with E-state index >= 15 is 0 Å². The summed E-state index contributed by atoms with van der Waals surface area (Å²) in [5.41, 5.74) is 0.865. The molecule has 128 valence electrons. The summed E-state index contributed by atoms with van der Waals surface area (Å²) >= 11 is 7.45. The second-order valence-corrected chi connectivity index (χ2v) is 8.19. The molecule has 0 bridgehead atoms. The lowest BCUT2D eigenvalue weighted by Crippen LogP contribution is -2.36. The lowest BCUT2D eigenvalue weighted by Gasteiger charge is -2.24. The molecule has 5 nitrogen and oxygen atoms in total. The molecule has 0 aliphatic heterocycles. The summed E-state index contributed by atoms with van der Waals surface area (Å²) in [7, 11) is -4.03. The fourth-order valence-corrected chi connectivity index (χ4v) is 4.19. The van der Waals surface area contributed by atoms with Crippen LogP contribution < -0.4 is 4.31 Å². The van der Waals surface area contributed by atoms with Gasteiger partial charge in [-0.05, 0) is 55.1 Å². The zero-order valence-electron chi connectivity index (χ0n) is 13.1. The van der Waals surface area contributed by atoms with Crippen LogP contribution in [0.2, 0.25) is 5.02 Å². The maximum atomic E-state index is 12.9. The SMILES string of the molecule is CSc1ccc(S(=O)(=O)N(CC(=O)O)c2cc(Cl)ccc2C)cc1. The predicted molar refractivity (Wildman–Crippen MR) is 96.6 cm³/mol. The Balaban J connectivity index is 2.57. The molecule has 0 radical (unpaired) electrons. The summed E-state index contributed by atoms with van der Waals surface area (Å²) in [6.45, 7) is 1.01. The van der Waals surface area contributed by atoms with Gasteiger partial charge in [0, 0.05) is 9.92 Å². The van der Waals surface area contributed by atoms with Crippen molar-refractivity contribution in [3.8, 4) is 0 Å². The number of nitrogens with zero attached hydrogens (tertiary/aromatic N) is 1. The third-order valence-electron chi connectivity index (χ3n) is 3.37. The first-order valence-electron chi connectivity index (χ1n) is 6.90. The number of thioether (sulfide) groups is 1. The Morgan fingerprint density at radius 3 is 2.38 bits per heavy atom. The molecule has 0 atom stereocenters. The van der Waals surface area contributed by atoms with E-state index in [1.807, 2.05) is 6.26 Å². The van der Waals surface area contributed by atoms with Crippen LogP contribution in [0.3, 0.4) is 0 Å². The molecule has 0 aliphatic rings. The van der Waals surface area contributed by atoms with Gasteiger partial charge in [-0.25, -0.2) is 8.42 Å². The zero-order chi connectivity index (χ0) is 17.9. The van der Waals surface area contributed by atoms with Gasteiger partial charge in [0.05, 0.1) is 10.6 Å². The van der Waals surface area contributed by atoms with Crippen LogP contribution in [0, 0.1) is 6.92 Å². The molecule has 1 N–H and O–H groups in total. The third kappa shape index (κ3) is 4.03. The van der Waals surface area contributed by atoms with Crippen LogP contribution in [0.15, 0.2) is 52.3 Å². The molecule has 0 aromatic heterocycles. The molecule has 2 rings (SSSR count). The number of anilines is 1. The largest absolute Gasteiger partial charge is 0.480 e. The number of aliphatic carboxylic acids is 1. The van der Waals surface area contributed by atoms with E-state index in [4.69, 9.17) is 16.7 Å². The molecule has 24 heavy (non-hydrogen) atoms. The van der Waals surface area contributed by atoms with Crippen molar-refractivity contribution in [3.05, 3.63) is 53.1 Å². The fourth-order valence-electron chi connectivity index (χ4n) is 2.15. The number of carboxylic acids is 1. The van der Waals surface area contributed by atoms with Gasteiger partial charge in [0.15, 0.2) is 0 Å². The van der Waals surface area contributed by atoms with E-state index in [9.17, 15) is 13.2 Å². The molecule has 0 unspecified atom stereocenters. The molecule has 0 fully saturated rings. The normalized spacial score (nSPS) is 11.3. The maximum Gasteiger partial charge on any atom is 0.324 e. The lowest BCUT2D eigenvalue weighted by atomic mass is 10.2. The Morgan fingerprint density at radius 2 is 1.83 bits per heavy atom. The van der Waals surface area contributed by atoms with E-state index in [0.29, 0.717) is 10.6 Å². The third-order valence-corrected chi connectivity index (χ3v) is 6.12. The van der Waals surface area contributed by atoms with Gasteiger partial charge in [0.1, 0.15) is 6.54 Å². The number of aryl methyl sites for hydroxylation is 1. The highest BCUT2D eigenvalue weighted by Gasteiger charge is 2.28. The number of hydrogen-bond acceptors (Lipinski definition) is 4. The van der Waals surface area contributed by atoms with Crippen molar-refractivity contribution < 1.29 is 18.3 Å². The van der Waals surface area contributed by atoms with Crippen molar-refractivity contribution in [2.75, 3.05) is 17.1 Å². The number of carbonyl (C=O) groups is 1. The molecular formula is C16H16ClNO4S2. The van der Waals surface area contributed by atoms with Crippen LogP contribution >= 0.6 is 23.4 Å². The van der Waals surface area contributed by atoms with E-state index in [-0.39, 0.29) is 10.6 Å². The molecule has 0 aliphatic carbocycles. The quantitative estimate of drug-likeness (QED) is 0.768. The Hall–Kier alpha value is -1.70. The monoisotopic (exact) mass is 385 g/mol. The molecule has 0 heterocycles. The molecule has 0 saturated heterocycles. The van der Waals surface area contributed by atoms with Crippen LogP contribution in [-0.2, 0) is 14.8 Å². The first kappa shape index (κ1) is 18.6. The highest BCUT2D eigenvalue weighted by atomic mass is 35.5. The molecule has 8 heteroatoms. The molecule has 0 spiro atoms. The van der Waals surface area contributed by atoms with Gasteiger partial charge in [0.25, 0.3) is 10.0 Å². The van der Waals surface area contributed by atoms with Crippen molar-refractivity contribution in [1.82, 2.24) is 0 Å². The molecular weight excluding hydrogens is 370 g/mol. The van der Waals surface area contributed by atoms with Crippen molar-refractivity contribution in [2.45, 2.75) is 16.7 Å². The van der Waals surface area contributed by atoms with Gasteiger partial charge >= 0.3 is 5.97 Å². The maximum absolute atomic E-state index is 12.9. The summed E-state index contributed by atoms with van der Waals surface area (Å²) < 4.78 is 26.8. The molecule has 0 saturated carbocycles. The van der Waals surface area contributed by atoms with E-state index in [1.54, 1.807) is 31.2 Å². The van der Waals surface area contributed by atoms with Crippen molar-refractivity contribution >= 4 is 45.0 Å². The smallest absolute Gasteiger partial charge is 0.324 e. The van der Waals surface area contributed by atoms with Gasteiger partial charge in [0.2, 0.25) is 0 Å². The fraction of sp³-hybridized carbons (Fsp3) is 0.188. The van der Waals surface area contributed by atoms with Gasteiger partial charge in [-0.15, -0.1) is 11.8 Å². The topological polar surface area (TPSA) is 74.7 Å². The molecule has 2 aromatic carbocycles. The second-order valence-electron chi connectivity index (χ2n) is 5.01. The number of rotatable bonds is 6. The Kier molecular flexibility index (Phi) is 5.79. The summed E-state index contributed by atoms with van der Waals surface area (Å²) in [5.74, 6) is -1.25. The average Bonchev–Trinajstić information content (AvgIpc) is 2.55. The van der Waals surface area contributed by atoms with E-state index in [1.165, 1.54) is 30.0 Å². The number of carboxylic acid groups (broad SMARTS) is 1. The van der Waals surface area contributed by atoms with Crippen molar-refractivity contribution in [3.63, 3.8) is 0 Å². The Morgan fingerprint density at radius 1 is 1.21 bits per heavy atom. The summed E-state index contributed by atoms with van der Waals surface area (Å²) in [4.78, 5) is 12.2. The van der Waals surface area contributed by atoms with E-state index in [0.717, 1.165) is 9.20 Å². The summed E-state index contributed by atoms with van der Waals surface area (Å²) in [6.07, 6.45) is 1.88. The number of halogens is 1. The summed E-state index contributed by atoms with van der Waals surface area (Å²) in [5, 5.41) is 9.49. The predicted octanol–water partition coefficient (Wildman–Crippen LogP) is 3.65. The first-order chi connectivity index (χ1) is 11.3. The number of sulfonamides is 1. The second kappa shape index (κ2) is 7.46. The van der Waals surface area contributed by atoms with E-state index in [2.05, 4.69) is 0 Å². The zero-order valence-corrected chi connectivity index (χ0v) is 15.5. The minimum absolute atomic E-state index is 0.0286. The molecule has 2 aromatic rings. The minimum Gasteiger partial charge on any atom is -0.480 e. The van der Waals surface area contributed by atoms with Crippen LogP contribution in [0.25, 0.3) is 0 Å². The number of benzene rings is 2. The van der Waals surface area contributed by atoms with Crippen LogP contribution in [0.4, 0.5) is 5.69 Å². The highest BCUT2D eigenvalue weighted by molar-refractivity contribution is 7.98. The minimum atomic E-state index is -4.03. The van der Waals surface area contributed by atoms with Crippen LogP contribution in [0.1, 0.15) is 5.56 Å². The Bertz CT molecular complexity index is 851. The lowest BCUT2D eigenvalue weighted by molar-refractivity contribution is -0.135. The highest BCUT2D eigenvalue weighted by Crippen LogP contribution is 2.30.